The van der Waals surface area contributed by atoms with Crippen LogP contribution in [0.5, 0.6) is 0 Å². The summed E-state index contributed by atoms with van der Waals surface area (Å²) >= 11 is 0. The van der Waals surface area contributed by atoms with Crippen molar-refractivity contribution >= 4 is 27.3 Å². The van der Waals surface area contributed by atoms with E-state index in [0.717, 1.165) is 0 Å². The van der Waals surface area contributed by atoms with Gasteiger partial charge in [0.25, 0.3) is 0 Å². The number of sulfonamides is 1. The summed E-state index contributed by atoms with van der Waals surface area (Å²) in [7, 11) is -3.83. The molecule has 0 atom stereocenters. The van der Waals surface area contributed by atoms with E-state index in [2.05, 4.69) is 10.6 Å². The summed E-state index contributed by atoms with van der Waals surface area (Å²) in [6.45, 7) is 4.59. The van der Waals surface area contributed by atoms with E-state index >= 15 is 0 Å². The number of benzene rings is 1. The molecule has 8 heteroatoms. The highest BCUT2D eigenvalue weighted by Crippen LogP contribution is 2.19. The number of carbonyl (C=O) groups excluding carboxylic acids is 1. The molecule has 0 saturated heterocycles. The summed E-state index contributed by atoms with van der Waals surface area (Å²) in [6, 6.07) is 4.13. The highest BCUT2D eigenvalue weighted by Gasteiger charge is 2.10. The molecule has 0 aliphatic carbocycles. The van der Waals surface area contributed by atoms with Gasteiger partial charge in [-0.25, -0.2) is 13.6 Å². The topological polar surface area (TPSA) is 127 Å². The summed E-state index contributed by atoms with van der Waals surface area (Å²) in [5, 5.41) is 10.6. The van der Waals surface area contributed by atoms with Gasteiger partial charge in [-0.15, -0.1) is 0 Å². The normalized spacial score (nSPS) is 11.4. The maximum absolute atomic E-state index is 11.5. The van der Waals surface area contributed by atoms with Crippen molar-refractivity contribution < 1.29 is 13.2 Å². The molecule has 20 heavy (non-hydrogen) atoms. The van der Waals surface area contributed by atoms with Gasteiger partial charge in [0.15, 0.2) is 0 Å². The molecule has 1 amide bonds. The van der Waals surface area contributed by atoms with Crippen LogP contribution in [0.3, 0.4) is 0 Å². The monoisotopic (exact) mass is 300 g/mol. The van der Waals surface area contributed by atoms with E-state index < -0.39 is 10.0 Å². The minimum absolute atomic E-state index is 0.0280. The first-order chi connectivity index (χ1) is 9.18. The molecule has 0 aromatic heterocycles. The number of amides is 1. The lowest BCUT2D eigenvalue weighted by atomic mass is 10.2. The van der Waals surface area contributed by atoms with E-state index in [-0.39, 0.29) is 23.0 Å². The van der Waals surface area contributed by atoms with Crippen LogP contribution in [0, 0.1) is 5.92 Å². The molecule has 0 bridgehead atoms. The number of primary sulfonamides is 1. The van der Waals surface area contributed by atoms with Crippen molar-refractivity contribution in [2.45, 2.75) is 18.7 Å². The van der Waals surface area contributed by atoms with Crippen molar-refractivity contribution in [3.05, 3.63) is 18.2 Å². The highest BCUT2D eigenvalue weighted by molar-refractivity contribution is 7.89. The van der Waals surface area contributed by atoms with E-state index in [9.17, 15) is 13.2 Å². The zero-order chi connectivity index (χ0) is 15.3. The average molecular weight is 300 g/mol. The number of nitrogens with one attached hydrogen (secondary N) is 2. The van der Waals surface area contributed by atoms with Gasteiger partial charge in [0.2, 0.25) is 15.9 Å². The number of hydrogen-bond donors (Lipinski definition) is 4. The molecule has 1 aromatic rings. The van der Waals surface area contributed by atoms with Crippen molar-refractivity contribution in [1.29, 1.82) is 0 Å². The van der Waals surface area contributed by atoms with Gasteiger partial charge in [-0.1, -0.05) is 13.8 Å². The molecule has 1 aromatic carbocycles. The summed E-state index contributed by atoms with van der Waals surface area (Å²) < 4.78 is 22.5. The summed E-state index contributed by atoms with van der Waals surface area (Å²) in [6.07, 6.45) is 0. The lowest BCUT2D eigenvalue weighted by molar-refractivity contribution is -0.119. The molecule has 0 aliphatic heterocycles. The van der Waals surface area contributed by atoms with Crippen LogP contribution in [0.15, 0.2) is 23.1 Å². The SMILES string of the molecule is CC(C)CNC(=O)CNc1cc(N)cc(S(N)(=O)=O)c1. The first-order valence-electron chi connectivity index (χ1n) is 6.12. The fourth-order valence-electron chi connectivity index (χ4n) is 1.45. The van der Waals surface area contributed by atoms with Crippen molar-refractivity contribution in [3.8, 4) is 0 Å². The molecule has 0 heterocycles. The molecule has 0 radical (unpaired) electrons. The van der Waals surface area contributed by atoms with E-state index in [4.69, 9.17) is 10.9 Å². The predicted molar refractivity (Wildman–Crippen MR) is 78.6 cm³/mol. The number of nitrogens with two attached hydrogens (primary N) is 2. The second kappa shape index (κ2) is 6.58. The van der Waals surface area contributed by atoms with Crippen LogP contribution in [-0.4, -0.2) is 27.4 Å². The quantitative estimate of drug-likeness (QED) is 0.554. The molecular formula is C12H20N4O3S. The number of nitrogen functional groups attached to an aromatic ring is 1. The highest BCUT2D eigenvalue weighted by atomic mass is 32.2. The molecule has 6 N–H and O–H groups in total. The minimum atomic E-state index is -3.83. The molecule has 0 fully saturated rings. The smallest absolute Gasteiger partial charge is 0.239 e. The van der Waals surface area contributed by atoms with Crippen LogP contribution in [0.25, 0.3) is 0 Å². The van der Waals surface area contributed by atoms with Gasteiger partial charge in [-0.3, -0.25) is 4.79 Å². The van der Waals surface area contributed by atoms with Crippen LogP contribution in [0.1, 0.15) is 13.8 Å². The van der Waals surface area contributed by atoms with Crippen molar-refractivity contribution in [1.82, 2.24) is 5.32 Å². The Morgan fingerprint density at radius 3 is 2.50 bits per heavy atom. The van der Waals surface area contributed by atoms with Crippen molar-refractivity contribution in [2.75, 3.05) is 24.1 Å². The number of anilines is 2. The Morgan fingerprint density at radius 2 is 1.95 bits per heavy atom. The first kappa shape index (κ1) is 16.3. The molecule has 0 saturated carbocycles. The van der Waals surface area contributed by atoms with E-state index in [1.165, 1.54) is 18.2 Å². The van der Waals surface area contributed by atoms with Crippen molar-refractivity contribution in [3.63, 3.8) is 0 Å². The fourth-order valence-corrected chi connectivity index (χ4v) is 2.04. The Bertz CT molecular complexity index is 584. The second-order valence-corrected chi connectivity index (χ2v) is 6.45. The third kappa shape index (κ3) is 5.45. The lowest BCUT2D eigenvalue weighted by Gasteiger charge is -2.11. The zero-order valence-corrected chi connectivity index (χ0v) is 12.3. The largest absolute Gasteiger partial charge is 0.399 e. The Morgan fingerprint density at radius 1 is 1.30 bits per heavy atom. The molecule has 0 unspecified atom stereocenters. The van der Waals surface area contributed by atoms with Gasteiger partial charge in [0.05, 0.1) is 11.4 Å². The maximum atomic E-state index is 11.5. The lowest BCUT2D eigenvalue weighted by Crippen LogP contribution is -2.32. The molecule has 112 valence electrons. The van der Waals surface area contributed by atoms with Crippen molar-refractivity contribution in [2.24, 2.45) is 11.1 Å². The third-order valence-corrected chi connectivity index (χ3v) is 3.31. The van der Waals surface area contributed by atoms with Crippen LogP contribution >= 0.6 is 0 Å². The summed E-state index contributed by atoms with van der Waals surface area (Å²) in [5.74, 6) is 0.179. The predicted octanol–water partition coefficient (Wildman–Crippen LogP) is 0.100. The van der Waals surface area contributed by atoms with E-state index in [1.807, 2.05) is 13.8 Å². The Hall–Kier alpha value is -1.80. The van der Waals surface area contributed by atoms with Crippen LogP contribution in [0.4, 0.5) is 11.4 Å². The molecule has 0 spiro atoms. The number of hydrogen-bond acceptors (Lipinski definition) is 5. The first-order valence-corrected chi connectivity index (χ1v) is 7.67. The van der Waals surface area contributed by atoms with Gasteiger partial charge >= 0.3 is 0 Å². The van der Waals surface area contributed by atoms with Gasteiger partial charge < -0.3 is 16.4 Å². The molecular weight excluding hydrogens is 280 g/mol. The third-order valence-electron chi connectivity index (χ3n) is 2.42. The second-order valence-electron chi connectivity index (χ2n) is 4.89. The number of rotatable bonds is 6. The van der Waals surface area contributed by atoms with E-state index in [0.29, 0.717) is 18.2 Å². The Labute approximate surface area is 118 Å². The average Bonchev–Trinajstić information content (AvgIpc) is 2.32. The molecule has 7 nitrogen and oxygen atoms in total. The summed E-state index contributed by atoms with van der Waals surface area (Å²) in [5.41, 5.74) is 6.28. The molecule has 0 aliphatic rings. The Kier molecular flexibility index (Phi) is 5.34. The van der Waals surface area contributed by atoms with Gasteiger partial charge in [0, 0.05) is 17.9 Å². The van der Waals surface area contributed by atoms with Gasteiger partial charge in [-0.2, -0.15) is 0 Å². The van der Waals surface area contributed by atoms with Crippen LogP contribution in [-0.2, 0) is 14.8 Å². The maximum Gasteiger partial charge on any atom is 0.239 e. The minimum Gasteiger partial charge on any atom is -0.399 e. The molecule has 1 rings (SSSR count). The van der Waals surface area contributed by atoms with Crippen LogP contribution < -0.4 is 21.5 Å². The zero-order valence-electron chi connectivity index (χ0n) is 11.5. The summed E-state index contributed by atoms with van der Waals surface area (Å²) in [4.78, 5) is 11.4. The van der Waals surface area contributed by atoms with Crippen LogP contribution in [0.2, 0.25) is 0 Å². The fraction of sp³-hybridized carbons (Fsp3) is 0.417. The standard InChI is InChI=1S/C12H20N4O3S/c1-8(2)6-16-12(17)7-15-10-3-9(13)4-11(5-10)20(14,18)19/h3-5,8,15H,6-7,13H2,1-2H3,(H,16,17)(H2,14,18,19). The number of carbonyl (C=O) groups is 1. The van der Waals surface area contributed by atoms with Gasteiger partial charge in [0.1, 0.15) is 0 Å². The Balaban J connectivity index is 2.69. The van der Waals surface area contributed by atoms with Gasteiger partial charge in [-0.05, 0) is 24.1 Å². The van der Waals surface area contributed by atoms with E-state index in [1.54, 1.807) is 0 Å².